The predicted molar refractivity (Wildman–Crippen MR) is 79.4 cm³/mol. The van der Waals surface area contributed by atoms with Crippen LogP contribution in [0, 0.1) is 11.2 Å². The average Bonchev–Trinajstić information content (AvgIpc) is 2.32. The van der Waals surface area contributed by atoms with Crippen LogP contribution in [0.4, 0.5) is 4.39 Å². The molecular formula is C13H19BrClFN2O. The Morgan fingerprint density at radius 2 is 2.00 bits per heavy atom. The van der Waals surface area contributed by atoms with E-state index in [0.717, 1.165) is 0 Å². The fourth-order valence-electron chi connectivity index (χ4n) is 2.11. The maximum Gasteiger partial charge on any atom is 0.147 e. The smallest absolute Gasteiger partial charge is 0.147 e. The number of rotatable bonds is 4. The minimum Gasteiger partial charge on any atom is -0.379 e. The van der Waals surface area contributed by atoms with Crippen molar-refractivity contribution >= 4 is 27.5 Å². The van der Waals surface area contributed by atoms with Crippen LogP contribution in [0.25, 0.3) is 0 Å². The average molecular weight is 354 g/mol. The molecule has 0 saturated heterocycles. The normalized spacial score (nSPS) is 15.4. The van der Waals surface area contributed by atoms with Crippen LogP contribution in [-0.2, 0) is 4.74 Å². The van der Waals surface area contributed by atoms with E-state index in [1.807, 2.05) is 20.8 Å². The van der Waals surface area contributed by atoms with Crippen molar-refractivity contribution < 1.29 is 9.13 Å². The second-order valence-corrected chi connectivity index (χ2v) is 6.66. The highest BCUT2D eigenvalue weighted by atomic mass is 79.9. The first-order chi connectivity index (χ1) is 8.73. The highest BCUT2D eigenvalue weighted by molar-refractivity contribution is 9.10. The van der Waals surface area contributed by atoms with Crippen molar-refractivity contribution in [3.8, 4) is 0 Å². The van der Waals surface area contributed by atoms with Gasteiger partial charge in [-0.1, -0.05) is 38.4 Å². The number of nitrogens with one attached hydrogen (secondary N) is 1. The maximum atomic E-state index is 14.3. The standard InChI is InChI=1S/C13H19BrClFN2O/c1-13(2,3)12(19-4)11(18-17)7-5-6-8(14)9(15)10(7)16/h5-6,11-12,18H,17H2,1-4H3. The molecule has 0 aliphatic rings. The summed E-state index contributed by atoms with van der Waals surface area (Å²) in [6.07, 6.45) is -0.302. The number of halogens is 3. The van der Waals surface area contributed by atoms with E-state index in [0.29, 0.717) is 10.0 Å². The summed E-state index contributed by atoms with van der Waals surface area (Å²) < 4.78 is 20.3. The minimum atomic E-state index is -0.495. The van der Waals surface area contributed by atoms with Crippen LogP contribution in [0.2, 0.25) is 5.02 Å². The third-order valence-corrected chi connectivity index (χ3v) is 4.25. The Bertz CT molecular complexity index is 451. The summed E-state index contributed by atoms with van der Waals surface area (Å²) in [7, 11) is 1.58. The van der Waals surface area contributed by atoms with E-state index in [9.17, 15) is 4.39 Å². The topological polar surface area (TPSA) is 47.3 Å². The van der Waals surface area contributed by atoms with Gasteiger partial charge in [0.25, 0.3) is 0 Å². The van der Waals surface area contributed by atoms with Gasteiger partial charge in [0.1, 0.15) is 5.82 Å². The van der Waals surface area contributed by atoms with E-state index in [1.54, 1.807) is 19.2 Å². The molecule has 0 aliphatic heterocycles. The molecule has 0 radical (unpaired) electrons. The number of hydrogen-bond acceptors (Lipinski definition) is 3. The molecule has 0 heterocycles. The largest absolute Gasteiger partial charge is 0.379 e. The number of hydrazine groups is 1. The SMILES string of the molecule is COC(C(NN)c1ccc(Br)c(Cl)c1F)C(C)(C)C. The summed E-state index contributed by atoms with van der Waals surface area (Å²) in [5.74, 6) is 5.09. The number of ether oxygens (including phenoxy) is 1. The fraction of sp³-hybridized carbons (Fsp3) is 0.538. The number of nitrogens with two attached hydrogens (primary N) is 1. The molecule has 6 heteroatoms. The molecule has 3 nitrogen and oxygen atoms in total. The molecule has 1 rings (SSSR count). The summed E-state index contributed by atoms with van der Waals surface area (Å²) in [5, 5.41) is 0.0431. The Labute approximate surface area is 126 Å². The fourth-order valence-corrected chi connectivity index (χ4v) is 2.59. The van der Waals surface area contributed by atoms with Crippen molar-refractivity contribution in [2.75, 3.05) is 7.11 Å². The van der Waals surface area contributed by atoms with Crippen molar-refractivity contribution in [2.24, 2.45) is 11.3 Å². The lowest BCUT2D eigenvalue weighted by Gasteiger charge is -2.36. The van der Waals surface area contributed by atoms with Crippen molar-refractivity contribution in [2.45, 2.75) is 32.9 Å². The molecule has 0 aromatic heterocycles. The van der Waals surface area contributed by atoms with Gasteiger partial charge in [-0.2, -0.15) is 0 Å². The Balaban J connectivity index is 3.28. The minimum absolute atomic E-state index is 0.0431. The molecule has 2 unspecified atom stereocenters. The summed E-state index contributed by atoms with van der Waals surface area (Å²) in [4.78, 5) is 0. The zero-order valence-electron chi connectivity index (χ0n) is 11.4. The molecule has 2 atom stereocenters. The first kappa shape index (κ1) is 16.9. The molecule has 1 aromatic carbocycles. The number of hydrogen-bond donors (Lipinski definition) is 2. The lowest BCUT2D eigenvalue weighted by atomic mass is 9.82. The Morgan fingerprint density at radius 1 is 1.42 bits per heavy atom. The first-order valence-electron chi connectivity index (χ1n) is 5.86. The quantitative estimate of drug-likeness (QED) is 0.491. The zero-order valence-corrected chi connectivity index (χ0v) is 13.8. The lowest BCUT2D eigenvalue weighted by Crippen LogP contribution is -2.44. The third-order valence-electron chi connectivity index (χ3n) is 2.99. The first-order valence-corrected chi connectivity index (χ1v) is 7.03. The molecular weight excluding hydrogens is 335 g/mol. The van der Waals surface area contributed by atoms with E-state index in [-0.39, 0.29) is 16.5 Å². The van der Waals surface area contributed by atoms with Crippen LogP contribution in [0.1, 0.15) is 32.4 Å². The molecule has 108 valence electrons. The zero-order chi connectivity index (χ0) is 14.8. The van der Waals surface area contributed by atoms with E-state index in [2.05, 4.69) is 21.4 Å². The van der Waals surface area contributed by atoms with E-state index >= 15 is 0 Å². The lowest BCUT2D eigenvalue weighted by molar-refractivity contribution is -0.0128. The van der Waals surface area contributed by atoms with Crippen LogP contribution >= 0.6 is 27.5 Å². The van der Waals surface area contributed by atoms with Crippen LogP contribution in [-0.4, -0.2) is 13.2 Å². The summed E-state index contributed by atoms with van der Waals surface area (Å²) in [6.45, 7) is 6.01. The van der Waals surface area contributed by atoms with Crippen molar-refractivity contribution in [1.82, 2.24) is 5.43 Å². The summed E-state index contributed by atoms with van der Waals surface area (Å²) in [5.41, 5.74) is 2.80. The van der Waals surface area contributed by atoms with Crippen LogP contribution in [0.3, 0.4) is 0 Å². The van der Waals surface area contributed by atoms with Gasteiger partial charge in [-0.3, -0.25) is 11.3 Å². The molecule has 0 spiro atoms. The van der Waals surface area contributed by atoms with Gasteiger partial charge in [0.2, 0.25) is 0 Å². The molecule has 0 saturated carbocycles. The molecule has 0 bridgehead atoms. The molecule has 1 aromatic rings. The van der Waals surface area contributed by atoms with Gasteiger partial charge in [0, 0.05) is 17.1 Å². The predicted octanol–water partition coefficient (Wildman–Crippen LogP) is 3.81. The second-order valence-electron chi connectivity index (χ2n) is 5.43. The van der Waals surface area contributed by atoms with Crippen molar-refractivity contribution in [3.63, 3.8) is 0 Å². The maximum absolute atomic E-state index is 14.3. The van der Waals surface area contributed by atoms with Gasteiger partial charge in [-0.05, 0) is 27.4 Å². The summed E-state index contributed by atoms with van der Waals surface area (Å²) >= 11 is 9.10. The van der Waals surface area contributed by atoms with Crippen LogP contribution < -0.4 is 11.3 Å². The van der Waals surface area contributed by atoms with Gasteiger partial charge in [-0.15, -0.1) is 0 Å². The Hall–Kier alpha value is -0.200. The number of benzene rings is 1. The molecule has 19 heavy (non-hydrogen) atoms. The highest BCUT2D eigenvalue weighted by Gasteiger charge is 2.34. The Kier molecular flexibility index (Phi) is 5.77. The van der Waals surface area contributed by atoms with Gasteiger partial charge in [0.05, 0.1) is 17.2 Å². The highest BCUT2D eigenvalue weighted by Crippen LogP contribution is 2.36. The molecule has 0 aliphatic carbocycles. The van der Waals surface area contributed by atoms with Crippen LogP contribution in [0.15, 0.2) is 16.6 Å². The van der Waals surface area contributed by atoms with Gasteiger partial charge in [0.15, 0.2) is 0 Å². The van der Waals surface area contributed by atoms with Gasteiger partial charge < -0.3 is 4.74 Å². The van der Waals surface area contributed by atoms with E-state index in [1.165, 1.54) is 0 Å². The van der Waals surface area contributed by atoms with Crippen LogP contribution in [0.5, 0.6) is 0 Å². The van der Waals surface area contributed by atoms with E-state index < -0.39 is 11.9 Å². The molecule has 0 amide bonds. The van der Waals surface area contributed by atoms with Crippen molar-refractivity contribution in [1.29, 1.82) is 0 Å². The van der Waals surface area contributed by atoms with E-state index in [4.69, 9.17) is 22.2 Å². The van der Waals surface area contributed by atoms with Crippen molar-refractivity contribution in [3.05, 3.63) is 33.0 Å². The molecule has 0 fully saturated rings. The summed E-state index contributed by atoms with van der Waals surface area (Å²) in [6, 6.07) is 2.85. The van der Waals surface area contributed by atoms with Gasteiger partial charge >= 0.3 is 0 Å². The van der Waals surface area contributed by atoms with Gasteiger partial charge in [-0.25, -0.2) is 4.39 Å². The monoisotopic (exact) mass is 352 g/mol. The second kappa shape index (κ2) is 6.50. The molecule has 3 N–H and O–H groups in total. The Morgan fingerprint density at radius 3 is 2.42 bits per heavy atom. The third kappa shape index (κ3) is 3.67. The number of methoxy groups -OCH3 is 1.